The summed E-state index contributed by atoms with van der Waals surface area (Å²) >= 11 is 5.92. The Labute approximate surface area is 131 Å². The lowest BCUT2D eigenvalue weighted by Gasteiger charge is -2.35. The molecule has 1 saturated heterocycles. The summed E-state index contributed by atoms with van der Waals surface area (Å²) in [6.45, 7) is 7.73. The second kappa shape index (κ2) is 7.14. The molecule has 2 rings (SSSR count). The number of amides is 2. The van der Waals surface area contributed by atoms with Gasteiger partial charge in [-0.05, 0) is 57.5 Å². The van der Waals surface area contributed by atoms with Gasteiger partial charge in [0.05, 0.1) is 0 Å². The summed E-state index contributed by atoms with van der Waals surface area (Å²) in [4.78, 5) is 14.3. The van der Waals surface area contributed by atoms with E-state index in [4.69, 9.17) is 11.6 Å². The molecular weight excluding hydrogens is 286 g/mol. The van der Waals surface area contributed by atoms with E-state index >= 15 is 0 Å². The maximum Gasteiger partial charge on any atom is 0.315 e. The summed E-state index contributed by atoms with van der Waals surface area (Å²) < 4.78 is 0. The van der Waals surface area contributed by atoms with Crippen molar-refractivity contribution in [2.45, 2.75) is 38.8 Å². The molecule has 2 amide bonds. The average molecular weight is 310 g/mol. The lowest BCUT2D eigenvalue weighted by molar-refractivity contribution is 0.152. The van der Waals surface area contributed by atoms with Gasteiger partial charge in [0.1, 0.15) is 0 Å². The normalized spacial score (nSPS) is 16.0. The molecule has 0 bridgehead atoms. The Bertz CT molecular complexity index is 484. The molecule has 0 aromatic heterocycles. The average Bonchev–Trinajstić information content (AvgIpc) is 2.98. The second-order valence-corrected chi connectivity index (χ2v) is 6.61. The maximum absolute atomic E-state index is 11.9. The van der Waals surface area contributed by atoms with E-state index in [1.54, 1.807) is 0 Å². The lowest BCUT2D eigenvalue weighted by atomic mass is 10.0. The van der Waals surface area contributed by atoms with Crippen LogP contribution in [0.25, 0.3) is 0 Å². The monoisotopic (exact) mass is 309 g/mol. The summed E-state index contributed by atoms with van der Waals surface area (Å²) in [5.41, 5.74) is 1.00. The number of likely N-dealkylation sites (tertiary alicyclic amines) is 1. The summed E-state index contributed by atoms with van der Waals surface area (Å²) in [7, 11) is 0. The zero-order valence-electron chi connectivity index (χ0n) is 12.8. The van der Waals surface area contributed by atoms with E-state index in [1.165, 1.54) is 12.8 Å². The van der Waals surface area contributed by atoms with Crippen molar-refractivity contribution < 1.29 is 4.79 Å². The highest BCUT2D eigenvalue weighted by atomic mass is 35.5. The molecule has 5 heteroatoms. The van der Waals surface area contributed by atoms with Crippen molar-refractivity contribution in [2.24, 2.45) is 0 Å². The molecule has 1 fully saturated rings. The van der Waals surface area contributed by atoms with Gasteiger partial charge < -0.3 is 10.6 Å². The lowest BCUT2D eigenvalue weighted by Crippen LogP contribution is -2.52. The van der Waals surface area contributed by atoms with Gasteiger partial charge in [0.25, 0.3) is 0 Å². The molecule has 4 nitrogen and oxygen atoms in total. The fraction of sp³-hybridized carbons (Fsp3) is 0.562. The Morgan fingerprint density at radius 1 is 1.29 bits per heavy atom. The van der Waals surface area contributed by atoms with E-state index in [0.717, 1.165) is 18.7 Å². The molecule has 0 spiro atoms. The number of hydrogen-bond donors (Lipinski definition) is 2. The van der Waals surface area contributed by atoms with E-state index in [2.05, 4.69) is 29.4 Å². The molecule has 0 saturated carbocycles. The third-order valence-electron chi connectivity index (χ3n) is 3.99. The van der Waals surface area contributed by atoms with Crippen LogP contribution in [0.2, 0.25) is 5.02 Å². The minimum absolute atomic E-state index is 0.00386. The summed E-state index contributed by atoms with van der Waals surface area (Å²) in [6, 6.07) is 7.37. The van der Waals surface area contributed by atoms with Crippen LogP contribution in [-0.2, 0) is 6.54 Å². The van der Waals surface area contributed by atoms with Crippen LogP contribution in [0.3, 0.4) is 0 Å². The van der Waals surface area contributed by atoms with Crippen molar-refractivity contribution in [1.82, 2.24) is 15.5 Å². The van der Waals surface area contributed by atoms with Crippen LogP contribution >= 0.6 is 11.6 Å². The highest BCUT2D eigenvalue weighted by Crippen LogP contribution is 2.19. The first-order valence-electron chi connectivity index (χ1n) is 7.48. The van der Waals surface area contributed by atoms with E-state index in [-0.39, 0.29) is 11.6 Å². The van der Waals surface area contributed by atoms with E-state index in [0.29, 0.717) is 18.1 Å². The number of nitrogens with zero attached hydrogens (tertiary/aromatic N) is 1. The quantitative estimate of drug-likeness (QED) is 0.878. The number of hydrogen-bond acceptors (Lipinski definition) is 2. The number of halogens is 1. The van der Waals surface area contributed by atoms with Gasteiger partial charge in [-0.2, -0.15) is 0 Å². The largest absolute Gasteiger partial charge is 0.336 e. The van der Waals surface area contributed by atoms with Crippen molar-refractivity contribution >= 4 is 17.6 Å². The summed E-state index contributed by atoms with van der Waals surface area (Å²) in [5.74, 6) is 0. The predicted molar refractivity (Wildman–Crippen MR) is 86.6 cm³/mol. The number of carbonyl (C=O) groups is 1. The number of nitrogens with one attached hydrogen (secondary N) is 2. The maximum atomic E-state index is 11.9. The molecule has 1 aromatic rings. The zero-order chi connectivity index (χ0) is 15.3. The van der Waals surface area contributed by atoms with Crippen molar-refractivity contribution in [3.8, 4) is 0 Å². The first-order valence-corrected chi connectivity index (χ1v) is 7.86. The van der Waals surface area contributed by atoms with Crippen LogP contribution in [-0.4, -0.2) is 36.1 Å². The number of carbonyl (C=O) groups excluding carboxylic acids is 1. The number of urea groups is 1. The molecule has 1 aromatic carbocycles. The van der Waals surface area contributed by atoms with Gasteiger partial charge in [-0.3, -0.25) is 4.90 Å². The third kappa shape index (κ3) is 4.90. The molecule has 0 unspecified atom stereocenters. The standard InChI is InChI=1S/C16H24ClN3O/c1-16(2,20-8-3-4-9-20)12-19-15(21)18-11-13-6-5-7-14(17)10-13/h5-7,10H,3-4,8-9,11-12H2,1-2H3,(H2,18,19,21). The van der Waals surface area contributed by atoms with E-state index in [9.17, 15) is 4.79 Å². The molecule has 2 N–H and O–H groups in total. The third-order valence-corrected chi connectivity index (χ3v) is 4.22. The zero-order valence-corrected chi connectivity index (χ0v) is 13.5. The van der Waals surface area contributed by atoms with Gasteiger partial charge in [0.15, 0.2) is 0 Å². The summed E-state index contributed by atoms with van der Waals surface area (Å²) in [6.07, 6.45) is 2.51. The van der Waals surface area contributed by atoms with Crippen LogP contribution in [0.15, 0.2) is 24.3 Å². The van der Waals surface area contributed by atoms with Crippen molar-refractivity contribution in [3.05, 3.63) is 34.9 Å². The molecule has 1 aliphatic heterocycles. The summed E-state index contributed by atoms with van der Waals surface area (Å²) in [5, 5.41) is 6.51. The van der Waals surface area contributed by atoms with Crippen molar-refractivity contribution in [3.63, 3.8) is 0 Å². The molecule has 0 radical (unpaired) electrons. The number of rotatable bonds is 5. The van der Waals surface area contributed by atoms with Gasteiger partial charge in [0.2, 0.25) is 0 Å². The predicted octanol–water partition coefficient (Wildman–Crippen LogP) is 3.01. The molecule has 0 aliphatic carbocycles. The van der Waals surface area contributed by atoms with Crippen molar-refractivity contribution in [1.29, 1.82) is 0 Å². The Morgan fingerprint density at radius 3 is 2.67 bits per heavy atom. The first-order chi connectivity index (χ1) is 9.97. The van der Waals surface area contributed by atoms with Gasteiger partial charge in [-0.1, -0.05) is 23.7 Å². The van der Waals surface area contributed by atoms with Gasteiger partial charge in [-0.15, -0.1) is 0 Å². The topological polar surface area (TPSA) is 44.4 Å². The van der Waals surface area contributed by atoms with Crippen LogP contribution < -0.4 is 10.6 Å². The van der Waals surface area contributed by atoms with E-state index in [1.807, 2.05) is 24.3 Å². The van der Waals surface area contributed by atoms with Crippen LogP contribution in [0, 0.1) is 0 Å². The van der Waals surface area contributed by atoms with Gasteiger partial charge >= 0.3 is 6.03 Å². The SMILES string of the molecule is CC(C)(CNC(=O)NCc1cccc(Cl)c1)N1CCCC1. The second-order valence-electron chi connectivity index (χ2n) is 6.17. The van der Waals surface area contributed by atoms with Gasteiger partial charge in [-0.25, -0.2) is 4.79 Å². The minimum atomic E-state index is -0.137. The Morgan fingerprint density at radius 2 is 2.00 bits per heavy atom. The Balaban J connectivity index is 1.74. The minimum Gasteiger partial charge on any atom is -0.336 e. The molecule has 1 heterocycles. The molecular formula is C16H24ClN3O. The fourth-order valence-corrected chi connectivity index (χ4v) is 2.84. The highest BCUT2D eigenvalue weighted by molar-refractivity contribution is 6.30. The number of benzene rings is 1. The molecule has 116 valence electrons. The van der Waals surface area contributed by atoms with Gasteiger partial charge in [0, 0.05) is 23.7 Å². The smallest absolute Gasteiger partial charge is 0.315 e. The Kier molecular flexibility index (Phi) is 5.48. The molecule has 0 atom stereocenters. The molecule has 1 aliphatic rings. The fourth-order valence-electron chi connectivity index (χ4n) is 2.62. The first kappa shape index (κ1) is 16.1. The van der Waals surface area contributed by atoms with E-state index < -0.39 is 0 Å². The van der Waals surface area contributed by atoms with Crippen LogP contribution in [0.1, 0.15) is 32.3 Å². The van der Waals surface area contributed by atoms with Crippen LogP contribution in [0.5, 0.6) is 0 Å². The highest BCUT2D eigenvalue weighted by Gasteiger charge is 2.29. The molecule has 21 heavy (non-hydrogen) atoms. The Hall–Kier alpha value is -1.26. The van der Waals surface area contributed by atoms with Crippen molar-refractivity contribution in [2.75, 3.05) is 19.6 Å². The van der Waals surface area contributed by atoms with Crippen LogP contribution in [0.4, 0.5) is 4.79 Å².